The van der Waals surface area contributed by atoms with Crippen LogP contribution in [0.4, 0.5) is 5.69 Å². The number of anilines is 1. The maximum absolute atomic E-state index is 12.5. The zero-order valence-electron chi connectivity index (χ0n) is 17.9. The molecule has 30 heavy (non-hydrogen) atoms. The lowest BCUT2D eigenvalue weighted by Gasteiger charge is -2.31. The van der Waals surface area contributed by atoms with Crippen LogP contribution in [0.2, 0.25) is 0 Å². The second-order valence-electron chi connectivity index (χ2n) is 8.03. The monoisotopic (exact) mass is 408 g/mol. The third-order valence-corrected chi connectivity index (χ3v) is 5.22. The molecule has 1 fully saturated rings. The summed E-state index contributed by atoms with van der Waals surface area (Å²) in [5, 5.41) is 3.02. The van der Waals surface area contributed by atoms with Gasteiger partial charge in [-0.05, 0) is 68.9 Å². The Labute approximate surface area is 179 Å². The van der Waals surface area contributed by atoms with Gasteiger partial charge in [0.2, 0.25) is 5.91 Å². The lowest BCUT2D eigenvalue weighted by Crippen LogP contribution is -2.40. The van der Waals surface area contributed by atoms with Gasteiger partial charge in [-0.3, -0.25) is 4.79 Å². The van der Waals surface area contributed by atoms with E-state index in [1.807, 2.05) is 49.1 Å². The van der Waals surface area contributed by atoms with E-state index in [0.717, 1.165) is 43.8 Å². The Morgan fingerprint density at radius 2 is 1.80 bits per heavy atom. The van der Waals surface area contributed by atoms with Crippen LogP contribution in [0.25, 0.3) is 0 Å². The van der Waals surface area contributed by atoms with Gasteiger partial charge >= 0.3 is 0 Å². The lowest BCUT2D eigenvalue weighted by atomic mass is 9.90. The van der Waals surface area contributed by atoms with Gasteiger partial charge < -0.3 is 20.7 Å². The first-order valence-corrected chi connectivity index (χ1v) is 10.6. The molecule has 1 heterocycles. The number of ether oxygens (including phenoxy) is 1. The van der Waals surface area contributed by atoms with Crippen molar-refractivity contribution in [3.63, 3.8) is 0 Å². The van der Waals surface area contributed by atoms with Crippen molar-refractivity contribution >= 4 is 17.6 Å². The Balaban J connectivity index is 1.41. The molecule has 160 valence electrons. The van der Waals surface area contributed by atoms with Crippen LogP contribution < -0.4 is 15.8 Å². The summed E-state index contributed by atoms with van der Waals surface area (Å²) in [6.45, 7) is 5.61. The van der Waals surface area contributed by atoms with Crippen LogP contribution in [0.5, 0.6) is 5.75 Å². The summed E-state index contributed by atoms with van der Waals surface area (Å²) >= 11 is 0. The van der Waals surface area contributed by atoms with E-state index in [2.05, 4.69) is 34.6 Å². The van der Waals surface area contributed by atoms with Crippen molar-refractivity contribution in [3.8, 4) is 5.75 Å². The average Bonchev–Trinajstić information content (AvgIpc) is 2.74. The number of piperidine rings is 1. The second-order valence-corrected chi connectivity index (χ2v) is 8.03. The minimum absolute atomic E-state index is 0.0265. The smallest absolute Gasteiger partial charge is 0.244 e. The Bertz CT molecular complexity index is 826. The highest BCUT2D eigenvalue weighted by Crippen LogP contribution is 2.22. The van der Waals surface area contributed by atoms with Crippen LogP contribution in [0, 0.1) is 5.92 Å². The second kappa shape index (κ2) is 10.7. The van der Waals surface area contributed by atoms with Crippen molar-refractivity contribution in [3.05, 3.63) is 60.2 Å². The molecule has 6 nitrogen and oxygen atoms in total. The van der Waals surface area contributed by atoms with Gasteiger partial charge in [0.05, 0.1) is 6.10 Å². The van der Waals surface area contributed by atoms with Gasteiger partial charge in [0, 0.05) is 18.8 Å². The zero-order chi connectivity index (χ0) is 21.3. The topological polar surface area (TPSA) is 80.0 Å². The molecule has 0 bridgehead atoms. The van der Waals surface area contributed by atoms with Gasteiger partial charge in [-0.2, -0.15) is 0 Å². The number of nitrogens with one attached hydrogen (secondary N) is 1. The summed E-state index contributed by atoms with van der Waals surface area (Å²) in [6, 6.07) is 18.1. The van der Waals surface area contributed by atoms with E-state index in [-0.39, 0.29) is 24.5 Å². The summed E-state index contributed by atoms with van der Waals surface area (Å²) in [6.07, 6.45) is 3.27. The Hall–Kier alpha value is -3.02. The third-order valence-electron chi connectivity index (χ3n) is 5.22. The van der Waals surface area contributed by atoms with Crippen molar-refractivity contribution in [2.24, 2.45) is 16.6 Å². The van der Waals surface area contributed by atoms with Crippen LogP contribution in [0.3, 0.4) is 0 Å². The van der Waals surface area contributed by atoms with Crippen molar-refractivity contribution in [1.29, 1.82) is 0 Å². The van der Waals surface area contributed by atoms with E-state index >= 15 is 0 Å². The van der Waals surface area contributed by atoms with Crippen LogP contribution in [0.1, 0.15) is 32.3 Å². The summed E-state index contributed by atoms with van der Waals surface area (Å²) in [5.74, 6) is 1.70. The van der Waals surface area contributed by atoms with Crippen molar-refractivity contribution < 1.29 is 9.53 Å². The molecule has 3 rings (SSSR count). The highest BCUT2D eigenvalue weighted by Gasteiger charge is 2.22. The average molecular weight is 409 g/mol. The molecule has 0 unspecified atom stereocenters. The van der Waals surface area contributed by atoms with Crippen molar-refractivity contribution in [2.45, 2.75) is 39.2 Å². The van der Waals surface area contributed by atoms with Gasteiger partial charge in [-0.25, -0.2) is 4.99 Å². The van der Waals surface area contributed by atoms with Gasteiger partial charge in [0.15, 0.2) is 5.96 Å². The molecule has 0 atom stereocenters. The molecule has 0 aliphatic carbocycles. The molecule has 0 aromatic heterocycles. The molecule has 3 N–H and O–H groups in total. The molecular formula is C24H32N4O2. The van der Waals surface area contributed by atoms with Crippen LogP contribution in [-0.2, 0) is 11.2 Å². The largest absolute Gasteiger partial charge is 0.491 e. The van der Waals surface area contributed by atoms with Gasteiger partial charge in [-0.15, -0.1) is 0 Å². The molecule has 1 aliphatic rings. The SMILES string of the molecule is CC(C)Oc1ccc(NC(N)=NCC(=O)N2CCC(Cc3ccccc3)CC2)cc1. The molecule has 0 saturated carbocycles. The number of nitrogens with two attached hydrogens (primary N) is 1. The Morgan fingerprint density at radius 1 is 1.13 bits per heavy atom. The number of amides is 1. The predicted octanol–water partition coefficient (Wildman–Crippen LogP) is 3.68. The Kier molecular flexibility index (Phi) is 7.71. The molecule has 0 spiro atoms. The standard InChI is InChI=1S/C24H32N4O2/c1-18(2)30-22-10-8-21(9-11-22)27-24(25)26-17-23(29)28-14-12-20(13-15-28)16-19-6-4-3-5-7-19/h3-11,18,20H,12-17H2,1-2H3,(H3,25,26,27). The maximum Gasteiger partial charge on any atom is 0.244 e. The van der Waals surface area contributed by atoms with E-state index < -0.39 is 0 Å². The highest BCUT2D eigenvalue weighted by molar-refractivity contribution is 5.93. The fourth-order valence-corrected chi connectivity index (χ4v) is 3.66. The van der Waals surface area contributed by atoms with Crippen LogP contribution in [0.15, 0.2) is 59.6 Å². The summed E-state index contributed by atoms with van der Waals surface area (Å²) in [7, 11) is 0. The quantitative estimate of drug-likeness (QED) is 0.541. The molecule has 1 saturated heterocycles. The van der Waals surface area contributed by atoms with Crippen LogP contribution >= 0.6 is 0 Å². The molecule has 0 radical (unpaired) electrons. The first-order valence-electron chi connectivity index (χ1n) is 10.6. The number of nitrogens with zero attached hydrogens (tertiary/aromatic N) is 2. The van der Waals surface area contributed by atoms with E-state index in [4.69, 9.17) is 10.5 Å². The number of aliphatic imine (C=N–C) groups is 1. The fourth-order valence-electron chi connectivity index (χ4n) is 3.66. The van der Waals surface area contributed by atoms with E-state index in [1.165, 1.54) is 5.56 Å². The molecule has 1 amide bonds. The fraction of sp³-hybridized carbons (Fsp3) is 0.417. The number of carbonyl (C=O) groups is 1. The van der Waals surface area contributed by atoms with Gasteiger partial charge in [0.25, 0.3) is 0 Å². The number of benzene rings is 2. The van der Waals surface area contributed by atoms with Crippen molar-refractivity contribution in [1.82, 2.24) is 4.90 Å². The molecule has 2 aromatic rings. The summed E-state index contributed by atoms with van der Waals surface area (Å²) in [4.78, 5) is 18.6. The number of guanidine groups is 1. The van der Waals surface area contributed by atoms with E-state index in [0.29, 0.717) is 5.92 Å². The first kappa shape index (κ1) is 21.7. The molecular weight excluding hydrogens is 376 g/mol. The predicted molar refractivity (Wildman–Crippen MR) is 122 cm³/mol. The minimum Gasteiger partial charge on any atom is -0.491 e. The van der Waals surface area contributed by atoms with Gasteiger partial charge in [0.1, 0.15) is 12.3 Å². The molecule has 6 heteroatoms. The summed E-state index contributed by atoms with van der Waals surface area (Å²) in [5.41, 5.74) is 8.12. The molecule has 2 aromatic carbocycles. The zero-order valence-corrected chi connectivity index (χ0v) is 17.9. The lowest BCUT2D eigenvalue weighted by molar-refractivity contribution is -0.130. The van der Waals surface area contributed by atoms with E-state index in [1.54, 1.807) is 0 Å². The Morgan fingerprint density at radius 3 is 2.43 bits per heavy atom. The maximum atomic E-state index is 12.5. The highest BCUT2D eigenvalue weighted by atomic mass is 16.5. The third kappa shape index (κ3) is 6.79. The minimum atomic E-state index is 0.0265. The van der Waals surface area contributed by atoms with Gasteiger partial charge in [-0.1, -0.05) is 30.3 Å². The van der Waals surface area contributed by atoms with E-state index in [9.17, 15) is 4.79 Å². The summed E-state index contributed by atoms with van der Waals surface area (Å²) < 4.78 is 5.62. The van der Waals surface area contributed by atoms with Crippen molar-refractivity contribution in [2.75, 3.05) is 25.0 Å². The number of carbonyl (C=O) groups excluding carboxylic acids is 1. The number of hydrogen-bond donors (Lipinski definition) is 2. The molecule has 1 aliphatic heterocycles. The normalized spacial score (nSPS) is 15.3. The number of likely N-dealkylation sites (tertiary alicyclic amines) is 1. The first-order chi connectivity index (χ1) is 14.5. The number of rotatable bonds is 7. The van der Waals surface area contributed by atoms with Crippen LogP contribution in [-0.4, -0.2) is 42.5 Å². The number of hydrogen-bond acceptors (Lipinski definition) is 3.